The first-order valence-electron chi connectivity index (χ1n) is 7.74. The Morgan fingerprint density at radius 2 is 1.84 bits per heavy atom. The number of benzene rings is 2. The molecule has 2 N–H and O–H groups in total. The number of para-hydroxylation sites is 1. The molecule has 5 nitrogen and oxygen atoms in total. The van der Waals surface area contributed by atoms with Crippen LogP contribution in [0, 0.1) is 5.82 Å². The van der Waals surface area contributed by atoms with Crippen molar-refractivity contribution in [3.8, 4) is 0 Å². The van der Waals surface area contributed by atoms with Crippen molar-refractivity contribution >= 4 is 29.2 Å². The van der Waals surface area contributed by atoms with Gasteiger partial charge in [0, 0.05) is 42.8 Å². The van der Waals surface area contributed by atoms with Gasteiger partial charge in [-0.1, -0.05) is 35.9 Å². The van der Waals surface area contributed by atoms with Crippen molar-refractivity contribution in [2.75, 3.05) is 18.9 Å². The third kappa shape index (κ3) is 5.76. The topological polar surface area (TPSA) is 61.4 Å². The normalized spacial score (nSPS) is 10.2. The average Bonchev–Trinajstić information content (AvgIpc) is 2.59. The van der Waals surface area contributed by atoms with Crippen molar-refractivity contribution in [2.24, 2.45) is 0 Å². The molecule has 0 bridgehead atoms. The lowest BCUT2D eigenvalue weighted by Crippen LogP contribution is -2.34. The minimum atomic E-state index is -0.451. The van der Waals surface area contributed by atoms with Crippen LogP contribution in [0.15, 0.2) is 48.5 Å². The minimum absolute atomic E-state index is 0.0700. The van der Waals surface area contributed by atoms with Gasteiger partial charge in [0.15, 0.2) is 0 Å². The molecular weight excluding hydrogens is 345 g/mol. The zero-order valence-corrected chi connectivity index (χ0v) is 14.5. The molecule has 0 aliphatic heterocycles. The van der Waals surface area contributed by atoms with E-state index in [9.17, 15) is 14.0 Å². The van der Waals surface area contributed by atoms with Gasteiger partial charge in [-0.15, -0.1) is 0 Å². The highest BCUT2D eigenvalue weighted by Crippen LogP contribution is 2.20. The van der Waals surface area contributed by atoms with Crippen molar-refractivity contribution in [3.63, 3.8) is 0 Å². The molecule has 0 aromatic heterocycles. The molecule has 2 aromatic carbocycles. The van der Waals surface area contributed by atoms with Gasteiger partial charge in [-0.05, 0) is 24.3 Å². The van der Waals surface area contributed by atoms with Gasteiger partial charge in [0.05, 0.1) is 0 Å². The lowest BCUT2D eigenvalue weighted by molar-refractivity contribution is -0.130. The third-order valence-electron chi connectivity index (χ3n) is 3.54. The molecule has 7 heteroatoms. The summed E-state index contributed by atoms with van der Waals surface area (Å²) >= 11 is 5.96. The highest BCUT2D eigenvalue weighted by atomic mass is 35.5. The molecule has 0 unspecified atom stereocenters. The van der Waals surface area contributed by atoms with Crippen molar-refractivity contribution < 1.29 is 14.0 Å². The van der Waals surface area contributed by atoms with Crippen LogP contribution in [0.25, 0.3) is 0 Å². The monoisotopic (exact) mass is 363 g/mol. The van der Waals surface area contributed by atoms with Gasteiger partial charge in [0.1, 0.15) is 5.82 Å². The van der Waals surface area contributed by atoms with E-state index in [2.05, 4.69) is 10.6 Å². The van der Waals surface area contributed by atoms with Crippen LogP contribution in [0.3, 0.4) is 0 Å². The molecule has 0 heterocycles. The fourth-order valence-corrected chi connectivity index (χ4v) is 2.40. The number of halogens is 2. The molecule has 0 atom stereocenters. The van der Waals surface area contributed by atoms with Gasteiger partial charge < -0.3 is 15.5 Å². The molecule has 0 radical (unpaired) electrons. The number of hydrogen-bond acceptors (Lipinski definition) is 2. The van der Waals surface area contributed by atoms with Gasteiger partial charge in [0.2, 0.25) is 5.91 Å². The summed E-state index contributed by atoms with van der Waals surface area (Å²) in [5.41, 5.74) is 0.937. The first kappa shape index (κ1) is 18.7. The Balaban J connectivity index is 1.77. The highest BCUT2D eigenvalue weighted by molar-refractivity contribution is 6.31. The van der Waals surface area contributed by atoms with E-state index in [-0.39, 0.29) is 42.0 Å². The van der Waals surface area contributed by atoms with E-state index in [0.29, 0.717) is 5.69 Å². The van der Waals surface area contributed by atoms with Gasteiger partial charge in [-0.3, -0.25) is 4.79 Å². The van der Waals surface area contributed by atoms with Crippen molar-refractivity contribution in [2.45, 2.75) is 13.0 Å². The Kier molecular flexibility index (Phi) is 6.77. The first-order valence-corrected chi connectivity index (χ1v) is 8.12. The van der Waals surface area contributed by atoms with E-state index >= 15 is 0 Å². The van der Waals surface area contributed by atoms with Gasteiger partial charge in [0.25, 0.3) is 0 Å². The number of hydrogen-bond donors (Lipinski definition) is 2. The summed E-state index contributed by atoms with van der Waals surface area (Å²) < 4.78 is 13.8. The smallest absolute Gasteiger partial charge is 0.319 e. The Morgan fingerprint density at radius 1 is 1.12 bits per heavy atom. The van der Waals surface area contributed by atoms with Crippen LogP contribution in [-0.4, -0.2) is 30.4 Å². The van der Waals surface area contributed by atoms with Gasteiger partial charge >= 0.3 is 6.03 Å². The standard InChI is InChI=1S/C18H19ClFN3O2/c1-23(12-14-15(19)8-5-9-16(14)20)17(24)10-11-21-18(25)22-13-6-3-2-4-7-13/h2-9H,10-12H2,1H3,(H2,21,22,25). The van der Waals surface area contributed by atoms with Crippen LogP contribution in [0.1, 0.15) is 12.0 Å². The number of amides is 3. The Hall–Kier alpha value is -2.60. The number of carbonyl (C=O) groups is 2. The van der Waals surface area contributed by atoms with Gasteiger partial charge in [-0.25, -0.2) is 9.18 Å². The number of carbonyl (C=O) groups excluding carboxylic acids is 2. The lowest BCUT2D eigenvalue weighted by Gasteiger charge is -2.18. The number of nitrogens with one attached hydrogen (secondary N) is 2. The van der Waals surface area contributed by atoms with E-state index in [1.54, 1.807) is 25.2 Å². The molecular formula is C18H19ClFN3O2. The highest BCUT2D eigenvalue weighted by Gasteiger charge is 2.14. The first-order chi connectivity index (χ1) is 12.0. The van der Waals surface area contributed by atoms with Crippen molar-refractivity contribution in [3.05, 3.63) is 64.9 Å². The molecule has 0 aliphatic carbocycles. The van der Waals surface area contributed by atoms with E-state index < -0.39 is 5.82 Å². The SMILES string of the molecule is CN(Cc1c(F)cccc1Cl)C(=O)CCNC(=O)Nc1ccccc1. The van der Waals surface area contributed by atoms with E-state index in [4.69, 9.17) is 11.6 Å². The fourth-order valence-electron chi connectivity index (χ4n) is 2.18. The van der Waals surface area contributed by atoms with Crippen LogP contribution in [0.4, 0.5) is 14.9 Å². The number of urea groups is 1. The maximum atomic E-state index is 13.8. The Bertz CT molecular complexity index is 720. The molecule has 25 heavy (non-hydrogen) atoms. The van der Waals surface area contributed by atoms with Crippen LogP contribution >= 0.6 is 11.6 Å². The third-order valence-corrected chi connectivity index (χ3v) is 3.89. The quantitative estimate of drug-likeness (QED) is 0.823. The molecule has 0 saturated heterocycles. The maximum Gasteiger partial charge on any atom is 0.319 e. The van der Waals surface area contributed by atoms with Crippen LogP contribution in [0.2, 0.25) is 5.02 Å². The Labute approximate surface area is 150 Å². The number of anilines is 1. The average molecular weight is 364 g/mol. The molecule has 0 aliphatic rings. The number of rotatable bonds is 6. The second-order valence-electron chi connectivity index (χ2n) is 5.45. The molecule has 3 amide bonds. The van der Waals surface area contributed by atoms with Crippen LogP contribution in [-0.2, 0) is 11.3 Å². The summed E-state index contributed by atoms with van der Waals surface area (Å²) in [4.78, 5) is 25.2. The summed E-state index contributed by atoms with van der Waals surface area (Å²) in [6.07, 6.45) is 0.102. The Morgan fingerprint density at radius 3 is 2.52 bits per heavy atom. The van der Waals surface area contributed by atoms with Gasteiger partial charge in [-0.2, -0.15) is 0 Å². The molecule has 2 aromatic rings. The molecule has 0 saturated carbocycles. The largest absolute Gasteiger partial charge is 0.341 e. The second-order valence-corrected chi connectivity index (χ2v) is 5.85. The lowest BCUT2D eigenvalue weighted by atomic mass is 10.2. The summed E-state index contributed by atoms with van der Waals surface area (Å²) in [5.74, 6) is -0.674. The predicted molar refractivity (Wildman–Crippen MR) is 96.0 cm³/mol. The van der Waals surface area contributed by atoms with E-state index in [1.807, 2.05) is 18.2 Å². The second kappa shape index (κ2) is 9.03. The summed E-state index contributed by atoms with van der Waals surface area (Å²) in [6, 6.07) is 13.0. The summed E-state index contributed by atoms with van der Waals surface area (Å²) in [7, 11) is 1.56. The van der Waals surface area contributed by atoms with Crippen LogP contribution in [0.5, 0.6) is 0 Å². The van der Waals surface area contributed by atoms with Crippen molar-refractivity contribution in [1.29, 1.82) is 0 Å². The van der Waals surface area contributed by atoms with Crippen LogP contribution < -0.4 is 10.6 Å². The zero-order valence-electron chi connectivity index (χ0n) is 13.8. The molecule has 132 valence electrons. The predicted octanol–water partition coefficient (Wildman–Crippen LogP) is 3.65. The van der Waals surface area contributed by atoms with E-state index in [0.717, 1.165) is 0 Å². The molecule has 2 rings (SSSR count). The molecule has 0 fully saturated rings. The summed E-state index contributed by atoms with van der Waals surface area (Å²) in [6.45, 7) is 0.243. The van der Waals surface area contributed by atoms with Crippen molar-refractivity contribution in [1.82, 2.24) is 10.2 Å². The fraction of sp³-hybridized carbons (Fsp3) is 0.222. The number of nitrogens with zero attached hydrogens (tertiary/aromatic N) is 1. The zero-order chi connectivity index (χ0) is 18.2. The maximum absolute atomic E-state index is 13.8. The molecule has 0 spiro atoms. The minimum Gasteiger partial charge on any atom is -0.341 e. The van der Waals surface area contributed by atoms with E-state index in [1.165, 1.54) is 17.0 Å². The summed E-state index contributed by atoms with van der Waals surface area (Å²) in [5, 5.41) is 5.54.